The molecule has 1 aliphatic rings. The molecular formula is C24H26CoNa4O12S4. The second-order valence-electron chi connectivity index (χ2n) is 7.04. The van der Waals surface area contributed by atoms with Crippen molar-refractivity contribution >= 4 is 159 Å². The molecule has 3 aromatic rings. The maximum atomic E-state index is 10.4. The first kappa shape index (κ1) is 55.7. The van der Waals surface area contributed by atoms with Gasteiger partial charge in [-0.05, 0) is 73.5 Å². The van der Waals surface area contributed by atoms with Crippen LogP contribution in [0.5, 0.6) is 0 Å². The van der Waals surface area contributed by atoms with Crippen molar-refractivity contribution in [3.63, 3.8) is 0 Å². The van der Waals surface area contributed by atoms with Crippen LogP contribution >= 0.6 is 0 Å². The van der Waals surface area contributed by atoms with Crippen LogP contribution < -0.4 is 0 Å². The fourth-order valence-electron chi connectivity index (χ4n) is 2.32. The molecule has 4 N–H and O–H groups in total. The van der Waals surface area contributed by atoms with Gasteiger partial charge in [-0.3, -0.25) is 18.2 Å². The summed E-state index contributed by atoms with van der Waals surface area (Å²) in [7, 11) is -16.0. The molecule has 231 valence electrons. The van der Waals surface area contributed by atoms with Gasteiger partial charge in [-0.2, -0.15) is 33.7 Å². The molecule has 1 aliphatic carbocycles. The summed E-state index contributed by atoms with van der Waals surface area (Å²) in [4.78, 5) is -0.334. The minimum atomic E-state index is -4.02. The van der Waals surface area contributed by atoms with Gasteiger partial charge in [-0.1, -0.05) is 48.6 Å². The van der Waals surface area contributed by atoms with Crippen LogP contribution in [0.15, 0.2) is 111 Å². The van der Waals surface area contributed by atoms with Gasteiger partial charge < -0.3 is 0 Å². The molecule has 0 bridgehead atoms. The fourth-order valence-corrected chi connectivity index (χ4v) is 4.31. The van der Waals surface area contributed by atoms with Gasteiger partial charge in [0.2, 0.25) is 0 Å². The third kappa shape index (κ3) is 25.9. The van der Waals surface area contributed by atoms with Gasteiger partial charge in [0.25, 0.3) is 40.5 Å². The van der Waals surface area contributed by atoms with Crippen molar-refractivity contribution in [1.82, 2.24) is 0 Å². The molecule has 0 saturated carbocycles. The molecule has 12 nitrogen and oxygen atoms in total. The molecule has 0 unspecified atom stereocenters. The van der Waals surface area contributed by atoms with Crippen molar-refractivity contribution < 1.29 is 68.7 Å². The van der Waals surface area contributed by atoms with Gasteiger partial charge in [0.1, 0.15) is 0 Å². The predicted octanol–water partition coefficient (Wildman–Crippen LogP) is 0.526. The van der Waals surface area contributed by atoms with Gasteiger partial charge in [-0.15, -0.1) is 0 Å². The molecule has 0 aromatic heterocycles. The number of hydrogen-bond donors (Lipinski definition) is 4. The number of hydrogen-bond acceptors (Lipinski definition) is 8. The molecular weight excluding hydrogens is 759 g/mol. The molecule has 0 saturated heterocycles. The number of benzene rings is 3. The summed E-state index contributed by atoms with van der Waals surface area (Å²) in [6, 6.07) is 24.0. The number of allylic oxidation sites excluding steroid dienone is 3. The molecule has 0 aliphatic heterocycles. The topological polar surface area (TPSA) is 217 Å². The second kappa shape index (κ2) is 27.1. The molecule has 45 heavy (non-hydrogen) atoms. The summed E-state index contributed by atoms with van der Waals surface area (Å²) in [5.41, 5.74) is 0. The standard InChI is InChI=1S/C6H7O3S.3C6H5O3S.Co.4Na.4H/c4*7-10(8,9)6-4-2-1-3-5-6;;;;;;;;;/h1-2,4-5H,3H2,(H,7,8,9);3*2-5H,(H,7,8,9);;;;;;;;;. The Hall–Kier alpha value is 1.29. The van der Waals surface area contributed by atoms with Crippen molar-refractivity contribution in [2.75, 3.05) is 0 Å². The molecule has 21 heteroatoms. The van der Waals surface area contributed by atoms with E-state index in [1.165, 1.54) is 84.9 Å². The van der Waals surface area contributed by atoms with Gasteiger partial charge >= 0.3 is 118 Å². The monoisotopic (exact) mass is 785 g/mol. The van der Waals surface area contributed by atoms with E-state index in [0.29, 0.717) is 6.42 Å². The molecule has 3 aromatic carbocycles. The first-order valence-electron chi connectivity index (χ1n) is 10.4. The van der Waals surface area contributed by atoms with Crippen LogP contribution in [-0.2, 0) is 57.3 Å². The van der Waals surface area contributed by atoms with Crippen molar-refractivity contribution in [2.45, 2.75) is 21.1 Å². The number of rotatable bonds is 4. The summed E-state index contributed by atoms with van der Waals surface area (Å²) >= 11 is 0. The van der Waals surface area contributed by atoms with Crippen LogP contribution in [0, 0.1) is 24.6 Å². The van der Waals surface area contributed by atoms with E-state index < -0.39 is 40.5 Å². The Morgan fingerprint density at radius 1 is 0.489 bits per heavy atom. The van der Waals surface area contributed by atoms with E-state index in [0.717, 1.165) is 0 Å². The Kier molecular flexibility index (Phi) is 33.5. The fraction of sp³-hybridized carbons (Fsp3) is 0.0417. The Labute approximate surface area is 363 Å². The average molecular weight is 786 g/mol. The first-order chi connectivity index (χ1) is 18.4. The van der Waals surface area contributed by atoms with Crippen molar-refractivity contribution in [3.05, 3.63) is 121 Å². The molecule has 0 spiro atoms. The molecule has 0 amide bonds. The Morgan fingerprint density at radius 2 is 0.756 bits per heavy atom. The van der Waals surface area contributed by atoms with E-state index in [1.54, 1.807) is 12.5 Å². The Bertz CT molecular complexity index is 1560. The van der Waals surface area contributed by atoms with E-state index in [9.17, 15) is 33.7 Å². The third-order valence-corrected chi connectivity index (χ3v) is 7.61. The first-order valence-corrected chi connectivity index (χ1v) is 16.2. The van der Waals surface area contributed by atoms with Crippen LogP contribution in [0.4, 0.5) is 0 Å². The van der Waals surface area contributed by atoms with Crippen LogP contribution in [0.25, 0.3) is 0 Å². The predicted molar refractivity (Wildman–Crippen MR) is 172 cm³/mol. The van der Waals surface area contributed by atoms with Gasteiger partial charge in [-0.25, -0.2) is 0 Å². The minimum absolute atomic E-state index is 0. The second-order valence-corrected chi connectivity index (χ2v) is 12.7. The molecule has 4 rings (SSSR count). The van der Waals surface area contributed by atoms with Crippen molar-refractivity contribution in [1.29, 1.82) is 0 Å². The quantitative estimate of drug-likeness (QED) is 0.211. The van der Waals surface area contributed by atoms with Gasteiger partial charge in [0, 0.05) is 16.8 Å². The Morgan fingerprint density at radius 3 is 0.889 bits per heavy atom. The SMILES string of the molecule is O=S(=O)(O)C1=CC[CH]C=C1.O=S(=O)(O)c1cc[c]cc1.O=S(=O)(O)c1cc[c]cc1.O=S(=O)(O)c1cc[c]cc1.[Co].[NaH].[NaH].[NaH].[NaH]. The molecule has 0 atom stereocenters. The third-order valence-electron chi connectivity index (χ3n) is 4.11. The van der Waals surface area contributed by atoms with Gasteiger partial charge in [0.05, 0.1) is 19.6 Å². The van der Waals surface area contributed by atoms with E-state index >= 15 is 0 Å². The van der Waals surface area contributed by atoms with E-state index in [-0.39, 0.29) is 155 Å². The Balaban J connectivity index is -0.000000152. The summed E-state index contributed by atoms with van der Waals surface area (Å²) < 4.78 is 117. The summed E-state index contributed by atoms with van der Waals surface area (Å²) in [5.74, 6) is 0. The zero-order chi connectivity index (χ0) is 30.5. The zero-order valence-electron chi connectivity index (χ0n) is 20.5. The summed E-state index contributed by atoms with van der Waals surface area (Å²) in [6.07, 6.45) is 6.78. The van der Waals surface area contributed by atoms with Crippen LogP contribution in [-0.4, -0.2) is 170 Å². The zero-order valence-corrected chi connectivity index (χ0v) is 24.8. The van der Waals surface area contributed by atoms with Crippen LogP contribution in [0.2, 0.25) is 0 Å². The van der Waals surface area contributed by atoms with E-state index in [1.807, 2.05) is 0 Å². The van der Waals surface area contributed by atoms with E-state index in [4.69, 9.17) is 18.2 Å². The van der Waals surface area contributed by atoms with E-state index in [2.05, 4.69) is 18.2 Å². The summed E-state index contributed by atoms with van der Waals surface area (Å²) in [5, 5.41) is 0. The maximum absolute atomic E-state index is 10.4. The van der Waals surface area contributed by atoms with Crippen LogP contribution in [0.1, 0.15) is 6.42 Å². The average Bonchev–Trinajstić information content (AvgIpc) is 2.90. The molecule has 0 heterocycles. The van der Waals surface area contributed by atoms with Crippen molar-refractivity contribution in [3.8, 4) is 0 Å². The molecule has 5 radical (unpaired) electrons. The van der Waals surface area contributed by atoms with Gasteiger partial charge in [0.15, 0.2) is 0 Å². The normalized spacial score (nSPS) is 11.7. The molecule has 0 fully saturated rings. The van der Waals surface area contributed by atoms with Crippen molar-refractivity contribution in [2.24, 2.45) is 0 Å². The van der Waals surface area contributed by atoms with Crippen LogP contribution in [0.3, 0.4) is 0 Å². The summed E-state index contributed by atoms with van der Waals surface area (Å²) in [6.45, 7) is 0.